The normalized spacial score (nSPS) is 18.2. The number of carbonyl (C=O) groups is 1. The zero-order chi connectivity index (χ0) is 22.5. The van der Waals surface area contributed by atoms with Crippen LogP contribution in [0.4, 0.5) is 16.8 Å². The van der Waals surface area contributed by atoms with Gasteiger partial charge < -0.3 is 15.0 Å². The molecule has 0 amide bonds. The third-order valence-corrected chi connectivity index (χ3v) is 7.04. The first-order chi connectivity index (χ1) is 15.5. The van der Waals surface area contributed by atoms with Gasteiger partial charge in [-0.25, -0.2) is 15.0 Å². The number of esters is 1. The average molecular weight is 452 g/mol. The van der Waals surface area contributed by atoms with Crippen molar-refractivity contribution in [2.75, 3.05) is 30.9 Å². The van der Waals surface area contributed by atoms with E-state index in [1.807, 2.05) is 43.5 Å². The number of thiazole rings is 1. The van der Waals surface area contributed by atoms with Crippen LogP contribution in [0.25, 0.3) is 10.6 Å². The lowest BCUT2D eigenvalue weighted by atomic mass is 9.82. The van der Waals surface area contributed by atoms with Gasteiger partial charge in [-0.1, -0.05) is 17.4 Å². The molecule has 32 heavy (non-hydrogen) atoms. The zero-order valence-corrected chi connectivity index (χ0v) is 19.6. The summed E-state index contributed by atoms with van der Waals surface area (Å²) >= 11 is 1.64. The lowest BCUT2D eigenvalue weighted by Crippen LogP contribution is -2.30. The van der Waals surface area contributed by atoms with Crippen LogP contribution in [0.2, 0.25) is 0 Å². The fraction of sp³-hybridized carbons (Fsp3) is 0.417. The molecule has 0 unspecified atom stereocenters. The van der Waals surface area contributed by atoms with Gasteiger partial charge in [0.1, 0.15) is 11.6 Å². The molecule has 4 rings (SSSR count). The fourth-order valence-corrected chi connectivity index (χ4v) is 5.01. The van der Waals surface area contributed by atoms with E-state index in [1.54, 1.807) is 17.5 Å². The van der Waals surface area contributed by atoms with E-state index in [-0.39, 0.29) is 11.9 Å². The van der Waals surface area contributed by atoms with Crippen molar-refractivity contribution in [1.29, 1.82) is 0 Å². The molecule has 0 bridgehead atoms. The first-order valence-corrected chi connectivity index (χ1v) is 11.8. The largest absolute Gasteiger partial charge is 0.469 e. The highest BCUT2D eigenvalue weighted by molar-refractivity contribution is 7.18. The zero-order valence-electron chi connectivity index (χ0n) is 18.7. The molecule has 3 aromatic rings. The van der Waals surface area contributed by atoms with Crippen LogP contribution in [0.5, 0.6) is 0 Å². The van der Waals surface area contributed by atoms with Gasteiger partial charge in [0.25, 0.3) is 0 Å². The third kappa shape index (κ3) is 5.43. The summed E-state index contributed by atoms with van der Waals surface area (Å²) in [6, 6.07) is 9.89. The van der Waals surface area contributed by atoms with Crippen molar-refractivity contribution in [2.24, 2.45) is 11.8 Å². The lowest BCUT2D eigenvalue weighted by molar-refractivity contribution is -0.146. The minimum absolute atomic E-state index is 0.0648. The molecule has 1 aliphatic carbocycles. The molecule has 0 aliphatic heterocycles. The maximum atomic E-state index is 11.7. The Morgan fingerprint density at radius 1 is 1.19 bits per heavy atom. The number of nitrogens with zero attached hydrogens (tertiary/aromatic N) is 4. The first kappa shape index (κ1) is 22.2. The maximum absolute atomic E-state index is 11.7. The van der Waals surface area contributed by atoms with Gasteiger partial charge in [-0.05, 0) is 68.4 Å². The van der Waals surface area contributed by atoms with Gasteiger partial charge in [-0.15, -0.1) is 0 Å². The summed E-state index contributed by atoms with van der Waals surface area (Å²) in [5.41, 5.74) is 2.03. The molecule has 3 heterocycles. The second-order valence-corrected chi connectivity index (χ2v) is 9.39. The van der Waals surface area contributed by atoms with Crippen LogP contribution in [0.1, 0.15) is 31.2 Å². The van der Waals surface area contributed by atoms with E-state index in [9.17, 15) is 4.79 Å². The number of pyridine rings is 2. The van der Waals surface area contributed by atoms with Crippen LogP contribution >= 0.6 is 11.3 Å². The van der Waals surface area contributed by atoms with Crippen molar-refractivity contribution in [3.8, 4) is 10.6 Å². The van der Waals surface area contributed by atoms with Crippen LogP contribution in [0, 0.1) is 18.8 Å². The van der Waals surface area contributed by atoms with E-state index in [4.69, 9.17) is 9.72 Å². The van der Waals surface area contributed by atoms with Crippen molar-refractivity contribution >= 4 is 34.1 Å². The van der Waals surface area contributed by atoms with Gasteiger partial charge in [0.2, 0.25) is 0 Å². The summed E-state index contributed by atoms with van der Waals surface area (Å²) in [4.78, 5) is 28.7. The number of hydrogen-bond acceptors (Lipinski definition) is 8. The maximum Gasteiger partial charge on any atom is 0.308 e. The molecule has 0 saturated heterocycles. The molecule has 1 saturated carbocycles. The number of aryl methyl sites for hydroxylation is 1. The monoisotopic (exact) mass is 451 g/mol. The van der Waals surface area contributed by atoms with Gasteiger partial charge in [-0.2, -0.15) is 0 Å². The van der Waals surface area contributed by atoms with E-state index in [0.29, 0.717) is 5.92 Å². The molecule has 168 valence electrons. The number of rotatable bonds is 7. The van der Waals surface area contributed by atoms with Crippen LogP contribution in [-0.4, -0.2) is 41.6 Å². The van der Waals surface area contributed by atoms with Crippen molar-refractivity contribution < 1.29 is 9.53 Å². The number of aromatic nitrogens is 3. The third-order valence-electron chi connectivity index (χ3n) is 5.91. The van der Waals surface area contributed by atoms with Crippen LogP contribution in [-0.2, 0) is 9.53 Å². The van der Waals surface area contributed by atoms with Gasteiger partial charge in [0.15, 0.2) is 5.13 Å². The molecule has 7 nitrogen and oxygen atoms in total. The molecule has 0 aromatic carbocycles. The summed E-state index contributed by atoms with van der Waals surface area (Å²) in [5.74, 6) is 2.10. The Bertz CT molecular complexity index is 1060. The minimum Gasteiger partial charge on any atom is -0.469 e. The Balaban J connectivity index is 1.38. The Labute approximate surface area is 192 Å². The predicted octanol–water partition coefficient (Wildman–Crippen LogP) is 5.07. The van der Waals surface area contributed by atoms with Gasteiger partial charge >= 0.3 is 5.97 Å². The second kappa shape index (κ2) is 10.1. The summed E-state index contributed by atoms with van der Waals surface area (Å²) < 4.78 is 4.90. The minimum atomic E-state index is -0.0660. The van der Waals surface area contributed by atoms with E-state index in [2.05, 4.69) is 27.2 Å². The summed E-state index contributed by atoms with van der Waals surface area (Å²) in [6.07, 6.45) is 7.59. The highest BCUT2D eigenvalue weighted by Gasteiger charge is 2.27. The summed E-state index contributed by atoms with van der Waals surface area (Å²) in [7, 11) is 3.56. The van der Waals surface area contributed by atoms with Crippen molar-refractivity contribution in [3.63, 3.8) is 0 Å². The Hall–Kier alpha value is -3.00. The second-order valence-electron chi connectivity index (χ2n) is 8.38. The van der Waals surface area contributed by atoms with Crippen molar-refractivity contribution in [1.82, 2.24) is 15.0 Å². The van der Waals surface area contributed by atoms with E-state index < -0.39 is 0 Å². The number of methoxy groups -OCH3 is 1. The lowest BCUT2D eigenvalue weighted by Gasteiger charge is -2.30. The molecule has 3 aromatic heterocycles. The van der Waals surface area contributed by atoms with E-state index >= 15 is 0 Å². The Morgan fingerprint density at radius 3 is 2.75 bits per heavy atom. The number of carbonyl (C=O) groups excluding carboxylic acids is 1. The van der Waals surface area contributed by atoms with E-state index in [1.165, 1.54) is 7.11 Å². The highest BCUT2D eigenvalue weighted by Crippen LogP contribution is 2.34. The Kier molecular flexibility index (Phi) is 6.99. The van der Waals surface area contributed by atoms with Gasteiger partial charge in [-0.3, -0.25) is 4.79 Å². The molecule has 8 heteroatoms. The predicted molar refractivity (Wildman–Crippen MR) is 128 cm³/mol. The smallest absolute Gasteiger partial charge is 0.308 e. The molecular formula is C24H29N5O2S. The van der Waals surface area contributed by atoms with Gasteiger partial charge in [0.05, 0.1) is 23.6 Å². The number of anilines is 3. The first-order valence-electron chi connectivity index (χ1n) is 10.9. The Morgan fingerprint density at radius 2 is 2.00 bits per heavy atom. The molecule has 0 atom stereocenters. The number of ether oxygens (including phenoxy) is 1. The van der Waals surface area contributed by atoms with Crippen molar-refractivity contribution in [2.45, 2.75) is 32.6 Å². The standard InChI is InChI=1S/C24H29N5O2S/c1-16-11-12-25-22(13-16)28-21-6-4-5-19(27-21)20-14-26-24(32-20)29(2)15-17-7-9-18(10-8-17)23(30)31-3/h4-6,11-14,17-18H,7-10,15H2,1-3H3,(H,25,27,28)/t17-,18-. The molecular weight excluding hydrogens is 422 g/mol. The number of hydrogen-bond donors (Lipinski definition) is 1. The van der Waals surface area contributed by atoms with Crippen LogP contribution in [0.15, 0.2) is 42.7 Å². The van der Waals surface area contributed by atoms with Crippen molar-refractivity contribution in [3.05, 3.63) is 48.3 Å². The van der Waals surface area contributed by atoms with Gasteiger partial charge in [0, 0.05) is 26.0 Å². The topological polar surface area (TPSA) is 80.2 Å². The quantitative estimate of drug-likeness (QED) is 0.503. The highest BCUT2D eigenvalue weighted by atomic mass is 32.1. The average Bonchev–Trinajstić information content (AvgIpc) is 3.30. The fourth-order valence-electron chi connectivity index (χ4n) is 4.15. The van der Waals surface area contributed by atoms with Crippen LogP contribution in [0.3, 0.4) is 0 Å². The summed E-state index contributed by atoms with van der Waals surface area (Å²) in [5, 5.41) is 4.25. The molecule has 1 N–H and O–H groups in total. The molecule has 1 fully saturated rings. The summed E-state index contributed by atoms with van der Waals surface area (Å²) in [6.45, 7) is 2.98. The molecule has 0 radical (unpaired) electrons. The molecule has 0 spiro atoms. The molecule has 1 aliphatic rings. The van der Waals surface area contributed by atoms with Crippen LogP contribution < -0.4 is 10.2 Å². The SMILES string of the molecule is COC(=O)[C@H]1CC[C@H](CN(C)c2ncc(-c3cccc(Nc4cc(C)ccn4)n3)s2)CC1. The van der Waals surface area contributed by atoms with E-state index in [0.717, 1.165) is 65.1 Å². The number of nitrogens with one attached hydrogen (secondary N) is 1.